The molecule has 4 fully saturated rings. The van der Waals surface area contributed by atoms with Crippen LogP contribution in [0.25, 0.3) is 0 Å². The molecule has 0 amide bonds. The predicted molar refractivity (Wildman–Crippen MR) is 100 cm³/mol. The van der Waals surface area contributed by atoms with Crippen LogP contribution in [0.5, 0.6) is 0 Å². The van der Waals surface area contributed by atoms with Crippen molar-refractivity contribution in [3.8, 4) is 0 Å². The molecule has 1 heterocycles. The fraction of sp³-hybridized carbons (Fsp3) is 0.870. The van der Waals surface area contributed by atoms with Crippen LogP contribution < -0.4 is 0 Å². The van der Waals surface area contributed by atoms with Crippen LogP contribution in [0.2, 0.25) is 0 Å². The average Bonchev–Trinajstić information content (AvgIpc) is 3.18. The van der Waals surface area contributed by atoms with Crippen molar-refractivity contribution >= 4 is 5.97 Å². The van der Waals surface area contributed by atoms with Gasteiger partial charge >= 0.3 is 5.97 Å². The first kappa shape index (κ1) is 17.3. The smallest absolute Gasteiger partial charge is 0.331 e. The van der Waals surface area contributed by atoms with E-state index < -0.39 is 0 Å². The first-order valence-electron chi connectivity index (χ1n) is 11.0. The van der Waals surface area contributed by atoms with E-state index in [1.54, 1.807) is 6.08 Å². The van der Waals surface area contributed by atoms with Gasteiger partial charge in [-0.05, 0) is 104 Å². The Morgan fingerprint density at radius 2 is 1.77 bits per heavy atom. The van der Waals surface area contributed by atoms with E-state index in [1.807, 2.05) is 0 Å². The van der Waals surface area contributed by atoms with Gasteiger partial charge in [0.25, 0.3) is 0 Å². The van der Waals surface area contributed by atoms with Crippen molar-refractivity contribution in [1.29, 1.82) is 0 Å². The van der Waals surface area contributed by atoms with Crippen LogP contribution in [0.4, 0.5) is 0 Å². The minimum absolute atomic E-state index is 0.0545. The third kappa shape index (κ3) is 2.31. The molecular weight excluding hydrogens is 324 g/mol. The summed E-state index contributed by atoms with van der Waals surface area (Å²) in [6, 6.07) is 0. The van der Waals surface area contributed by atoms with Gasteiger partial charge in [-0.2, -0.15) is 0 Å². The molecule has 5 rings (SSSR count). The quantitative estimate of drug-likeness (QED) is 0.703. The van der Waals surface area contributed by atoms with Gasteiger partial charge in [-0.15, -0.1) is 0 Å². The van der Waals surface area contributed by atoms with E-state index in [0.717, 1.165) is 36.5 Å². The minimum atomic E-state index is -0.130. The number of rotatable bonds is 1. The summed E-state index contributed by atoms with van der Waals surface area (Å²) in [4.78, 5) is 11.6. The number of carbonyl (C=O) groups excluding carboxylic acids is 1. The summed E-state index contributed by atoms with van der Waals surface area (Å²) < 4.78 is 5.25. The molecule has 4 saturated carbocycles. The molecule has 5 aliphatic rings. The van der Waals surface area contributed by atoms with Crippen molar-refractivity contribution in [3.05, 3.63) is 11.6 Å². The Hall–Kier alpha value is -0.830. The molecule has 8 atom stereocenters. The third-order valence-corrected chi connectivity index (χ3v) is 9.77. The maximum Gasteiger partial charge on any atom is 0.331 e. The van der Waals surface area contributed by atoms with Gasteiger partial charge in [0.2, 0.25) is 0 Å². The highest BCUT2D eigenvalue weighted by atomic mass is 16.5. The van der Waals surface area contributed by atoms with E-state index in [-0.39, 0.29) is 12.1 Å². The van der Waals surface area contributed by atoms with Crippen LogP contribution in [0, 0.1) is 40.4 Å². The van der Waals surface area contributed by atoms with E-state index in [1.165, 1.54) is 50.5 Å². The van der Waals surface area contributed by atoms with Gasteiger partial charge in [-0.1, -0.05) is 13.8 Å². The number of ether oxygens (including phenoxy) is 1. The van der Waals surface area contributed by atoms with Gasteiger partial charge in [-0.25, -0.2) is 4.79 Å². The summed E-state index contributed by atoms with van der Waals surface area (Å²) in [6.07, 6.45) is 12.9. The van der Waals surface area contributed by atoms with Crippen LogP contribution in [0.3, 0.4) is 0 Å². The molecule has 26 heavy (non-hydrogen) atoms. The molecule has 4 aliphatic carbocycles. The van der Waals surface area contributed by atoms with E-state index in [4.69, 9.17) is 4.74 Å². The van der Waals surface area contributed by atoms with Crippen molar-refractivity contribution in [3.63, 3.8) is 0 Å². The number of hydrogen-bond donors (Lipinski definition) is 1. The number of carbonyl (C=O) groups is 1. The normalized spacial score (nSPS) is 53.3. The topological polar surface area (TPSA) is 46.5 Å². The van der Waals surface area contributed by atoms with Crippen molar-refractivity contribution in [2.45, 2.75) is 77.7 Å². The fourth-order valence-corrected chi connectivity index (χ4v) is 8.43. The Labute approximate surface area is 157 Å². The highest BCUT2D eigenvalue weighted by Gasteiger charge is 2.60. The standard InChI is InChI=1S/C23H34O3/c1-22-9-7-16(24)12-15(22)3-4-17-19-6-5-18(14-11-21(25)26-13-14)23(19,2)10-8-20(17)22/h11,15-20,24H,3-10,12-13H2,1-2H3/t15-,16+,17+,18-,19+,20+,22+,23-/m1/s1. The van der Waals surface area contributed by atoms with Crippen LogP contribution in [0.15, 0.2) is 11.6 Å². The summed E-state index contributed by atoms with van der Waals surface area (Å²) in [7, 11) is 0. The Morgan fingerprint density at radius 1 is 1.00 bits per heavy atom. The molecule has 1 aliphatic heterocycles. The molecule has 0 aromatic heterocycles. The second kappa shape index (κ2) is 5.83. The summed E-state index contributed by atoms with van der Waals surface area (Å²) in [5.41, 5.74) is 2.09. The lowest BCUT2D eigenvalue weighted by atomic mass is 9.44. The monoisotopic (exact) mass is 358 g/mol. The van der Waals surface area contributed by atoms with Gasteiger partial charge in [0.1, 0.15) is 6.61 Å². The van der Waals surface area contributed by atoms with Gasteiger partial charge in [0.05, 0.1) is 6.10 Å². The first-order valence-corrected chi connectivity index (χ1v) is 11.0. The zero-order valence-corrected chi connectivity index (χ0v) is 16.4. The largest absolute Gasteiger partial charge is 0.458 e. The lowest BCUT2D eigenvalue weighted by molar-refractivity contribution is -0.135. The van der Waals surface area contributed by atoms with Gasteiger partial charge < -0.3 is 9.84 Å². The molecule has 0 aromatic rings. The van der Waals surface area contributed by atoms with Gasteiger partial charge in [-0.3, -0.25) is 0 Å². The number of hydrogen-bond acceptors (Lipinski definition) is 3. The SMILES string of the molecule is C[C@]12CC[C@H](O)C[C@H]1CC[C@@H]1[C@@H]2CC[C@]2(C)[C@@H](C3=CC(=O)OC3)CC[C@@H]12. The molecule has 3 heteroatoms. The molecule has 3 nitrogen and oxygen atoms in total. The highest BCUT2D eigenvalue weighted by molar-refractivity contribution is 5.85. The molecule has 0 bridgehead atoms. The van der Waals surface area contributed by atoms with Crippen LogP contribution in [0.1, 0.15) is 71.6 Å². The Balaban J connectivity index is 1.41. The Morgan fingerprint density at radius 3 is 2.54 bits per heavy atom. The fourth-order valence-electron chi connectivity index (χ4n) is 8.43. The Kier molecular flexibility index (Phi) is 3.88. The van der Waals surface area contributed by atoms with Crippen molar-refractivity contribution in [1.82, 2.24) is 0 Å². The van der Waals surface area contributed by atoms with Crippen LogP contribution in [-0.4, -0.2) is 23.8 Å². The number of cyclic esters (lactones) is 1. The van der Waals surface area contributed by atoms with E-state index >= 15 is 0 Å². The third-order valence-electron chi connectivity index (χ3n) is 9.77. The lowest BCUT2D eigenvalue weighted by Gasteiger charge is -2.61. The molecule has 0 aromatic carbocycles. The second-order valence-corrected chi connectivity index (χ2v) is 10.6. The van der Waals surface area contributed by atoms with E-state index in [0.29, 0.717) is 23.4 Å². The minimum Gasteiger partial charge on any atom is -0.458 e. The maximum absolute atomic E-state index is 11.6. The zero-order chi connectivity index (χ0) is 18.1. The average molecular weight is 359 g/mol. The number of fused-ring (bicyclic) bond motifs is 5. The van der Waals surface area contributed by atoms with Gasteiger partial charge in [0.15, 0.2) is 0 Å². The van der Waals surface area contributed by atoms with Crippen molar-refractivity contribution < 1.29 is 14.6 Å². The molecule has 0 saturated heterocycles. The Bertz CT molecular complexity index is 639. The lowest BCUT2D eigenvalue weighted by Crippen LogP contribution is -2.54. The molecule has 144 valence electrons. The summed E-state index contributed by atoms with van der Waals surface area (Å²) in [5.74, 6) is 3.67. The van der Waals surface area contributed by atoms with Crippen molar-refractivity contribution in [2.24, 2.45) is 40.4 Å². The van der Waals surface area contributed by atoms with E-state index in [9.17, 15) is 9.90 Å². The first-order chi connectivity index (χ1) is 12.4. The predicted octanol–water partition coefficient (Wildman–Crippen LogP) is 4.49. The molecule has 1 N–H and O–H groups in total. The molecule has 0 radical (unpaired) electrons. The van der Waals surface area contributed by atoms with E-state index in [2.05, 4.69) is 13.8 Å². The molecule has 0 unspecified atom stereocenters. The molecular formula is C23H34O3. The highest BCUT2D eigenvalue weighted by Crippen LogP contribution is 2.68. The summed E-state index contributed by atoms with van der Waals surface area (Å²) in [6.45, 7) is 5.62. The van der Waals surface area contributed by atoms with Crippen LogP contribution >= 0.6 is 0 Å². The number of aliphatic hydroxyl groups excluding tert-OH is 1. The summed E-state index contributed by atoms with van der Waals surface area (Å²) >= 11 is 0. The van der Waals surface area contributed by atoms with Crippen LogP contribution in [-0.2, 0) is 9.53 Å². The molecule has 0 spiro atoms. The van der Waals surface area contributed by atoms with Gasteiger partial charge in [0, 0.05) is 6.08 Å². The number of aliphatic hydroxyl groups is 1. The maximum atomic E-state index is 11.6. The van der Waals surface area contributed by atoms with Crippen molar-refractivity contribution in [2.75, 3.05) is 6.61 Å². The number of esters is 1. The summed E-state index contributed by atoms with van der Waals surface area (Å²) in [5, 5.41) is 10.2. The second-order valence-electron chi connectivity index (χ2n) is 10.6. The zero-order valence-electron chi connectivity index (χ0n) is 16.4.